The molecule has 1 aromatic carbocycles. The van der Waals surface area contributed by atoms with E-state index in [4.69, 9.17) is 9.15 Å². The number of fused-ring (bicyclic) bond motifs is 1. The molecule has 5 nitrogen and oxygen atoms in total. The van der Waals surface area contributed by atoms with E-state index in [9.17, 15) is 8.42 Å². The van der Waals surface area contributed by atoms with Crippen LogP contribution in [0.3, 0.4) is 0 Å². The van der Waals surface area contributed by atoms with E-state index in [1.807, 2.05) is 0 Å². The topological polar surface area (TPSA) is 69.4 Å². The Hall–Kier alpha value is -1.56. The fourth-order valence-electron chi connectivity index (χ4n) is 1.17. The van der Waals surface area contributed by atoms with Gasteiger partial charge < -0.3 is 9.15 Å². The highest BCUT2D eigenvalue weighted by Gasteiger charge is 2.16. The molecule has 0 aliphatic heterocycles. The van der Waals surface area contributed by atoms with Crippen LogP contribution in [-0.2, 0) is 9.84 Å². The molecule has 0 radical (unpaired) electrons. The van der Waals surface area contributed by atoms with Crippen molar-refractivity contribution < 1.29 is 17.6 Å². The summed E-state index contributed by atoms with van der Waals surface area (Å²) in [5.74, 6) is 0.596. The van der Waals surface area contributed by atoms with E-state index in [0.29, 0.717) is 16.8 Å². The molecule has 1 aromatic heterocycles. The Labute approximate surface area is 86.6 Å². The zero-order valence-electron chi connectivity index (χ0n) is 8.22. The third-order valence-electron chi connectivity index (χ3n) is 1.89. The van der Waals surface area contributed by atoms with E-state index < -0.39 is 9.84 Å². The van der Waals surface area contributed by atoms with Gasteiger partial charge in [-0.25, -0.2) is 8.42 Å². The standard InChI is InChI=1S/C9H9NO4S/c1-13-6-3-4-7-8(5-6)14-9(10-7)15(2,11)12/h3-5H,1-2H3. The minimum Gasteiger partial charge on any atom is -0.497 e. The van der Waals surface area contributed by atoms with Crippen molar-refractivity contribution in [3.63, 3.8) is 0 Å². The molecular weight excluding hydrogens is 218 g/mol. The minimum atomic E-state index is -3.40. The zero-order valence-corrected chi connectivity index (χ0v) is 9.04. The van der Waals surface area contributed by atoms with Gasteiger partial charge in [0.05, 0.1) is 7.11 Å². The normalized spacial score (nSPS) is 11.9. The fraction of sp³-hybridized carbons (Fsp3) is 0.222. The van der Waals surface area contributed by atoms with Gasteiger partial charge in [-0.05, 0) is 12.1 Å². The molecule has 1 heterocycles. The number of sulfone groups is 1. The summed E-state index contributed by atoms with van der Waals surface area (Å²) in [6.45, 7) is 0. The maximum absolute atomic E-state index is 11.2. The molecular formula is C9H9NO4S. The van der Waals surface area contributed by atoms with Crippen LogP contribution in [0.1, 0.15) is 0 Å². The van der Waals surface area contributed by atoms with Crippen molar-refractivity contribution in [3.8, 4) is 5.75 Å². The van der Waals surface area contributed by atoms with Gasteiger partial charge in [0, 0.05) is 12.3 Å². The largest absolute Gasteiger partial charge is 0.497 e. The van der Waals surface area contributed by atoms with Gasteiger partial charge in [-0.2, -0.15) is 4.98 Å². The number of hydrogen-bond donors (Lipinski definition) is 0. The molecule has 0 bridgehead atoms. The molecule has 6 heteroatoms. The molecule has 0 amide bonds. The Kier molecular flexibility index (Phi) is 2.15. The highest BCUT2D eigenvalue weighted by atomic mass is 32.2. The van der Waals surface area contributed by atoms with Gasteiger partial charge in [-0.15, -0.1) is 0 Å². The van der Waals surface area contributed by atoms with E-state index in [1.165, 1.54) is 7.11 Å². The van der Waals surface area contributed by atoms with Crippen LogP contribution in [0.5, 0.6) is 5.75 Å². The summed E-state index contributed by atoms with van der Waals surface area (Å²) in [4.78, 5) is 3.85. The Morgan fingerprint density at radius 3 is 2.73 bits per heavy atom. The second-order valence-electron chi connectivity index (χ2n) is 3.09. The Balaban J connectivity index is 2.66. The summed E-state index contributed by atoms with van der Waals surface area (Å²) >= 11 is 0. The second-order valence-corrected chi connectivity index (χ2v) is 4.98. The van der Waals surface area contributed by atoms with E-state index in [2.05, 4.69) is 4.98 Å². The summed E-state index contributed by atoms with van der Waals surface area (Å²) in [5, 5.41) is -0.272. The lowest BCUT2D eigenvalue weighted by Gasteiger charge is -1.95. The first kappa shape index (κ1) is 9.97. The van der Waals surface area contributed by atoms with Gasteiger partial charge >= 0.3 is 5.22 Å². The van der Waals surface area contributed by atoms with Gasteiger partial charge in [0.25, 0.3) is 0 Å². The van der Waals surface area contributed by atoms with Crippen molar-refractivity contribution in [1.29, 1.82) is 0 Å². The molecule has 0 aliphatic rings. The van der Waals surface area contributed by atoms with Gasteiger partial charge in [0.2, 0.25) is 9.84 Å². The number of oxazole rings is 1. The smallest absolute Gasteiger partial charge is 0.315 e. The van der Waals surface area contributed by atoms with Crippen LogP contribution in [0.25, 0.3) is 11.1 Å². The van der Waals surface area contributed by atoms with E-state index in [1.54, 1.807) is 18.2 Å². The van der Waals surface area contributed by atoms with Crippen molar-refractivity contribution in [2.24, 2.45) is 0 Å². The van der Waals surface area contributed by atoms with Crippen LogP contribution in [0.15, 0.2) is 27.8 Å². The predicted octanol–water partition coefficient (Wildman–Crippen LogP) is 1.24. The minimum absolute atomic E-state index is 0.272. The first-order chi connectivity index (χ1) is 7.00. The number of benzene rings is 1. The Bertz CT molecular complexity index is 600. The van der Waals surface area contributed by atoms with Crippen molar-refractivity contribution in [3.05, 3.63) is 18.2 Å². The lowest BCUT2D eigenvalue weighted by molar-refractivity contribution is 0.413. The predicted molar refractivity (Wildman–Crippen MR) is 53.7 cm³/mol. The van der Waals surface area contributed by atoms with Gasteiger partial charge in [0.1, 0.15) is 11.3 Å². The van der Waals surface area contributed by atoms with Gasteiger partial charge in [-0.1, -0.05) is 0 Å². The number of ether oxygens (including phenoxy) is 1. The van der Waals surface area contributed by atoms with E-state index >= 15 is 0 Å². The van der Waals surface area contributed by atoms with Gasteiger partial charge in [-0.3, -0.25) is 0 Å². The first-order valence-corrected chi connectivity index (χ1v) is 6.04. The summed E-state index contributed by atoms with van der Waals surface area (Å²) < 4.78 is 32.4. The average Bonchev–Trinajstić information content (AvgIpc) is 2.59. The summed E-state index contributed by atoms with van der Waals surface area (Å²) in [5.41, 5.74) is 0.894. The lowest BCUT2D eigenvalue weighted by atomic mass is 10.3. The molecule has 0 atom stereocenters. The Morgan fingerprint density at radius 1 is 1.40 bits per heavy atom. The van der Waals surface area contributed by atoms with Crippen molar-refractivity contribution >= 4 is 20.9 Å². The number of aromatic nitrogens is 1. The second kappa shape index (κ2) is 3.23. The number of nitrogens with zero attached hydrogens (tertiary/aromatic N) is 1. The van der Waals surface area contributed by atoms with Crippen LogP contribution in [0.4, 0.5) is 0 Å². The molecule has 0 N–H and O–H groups in total. The summed E-state index contributed by atoms with van der Waals surface area (Å²) in [6.07, 6.45) is 1.05. The third kappa shape index (κ3) is 1.80. The van der Waals surface area contributed by atoms with E-state index in [-0.39, 0.29) is 5.22 Å². The number of hydrogen-bond acceptors (Lipinski definition) is 5. The third-order valence-corrected chi connectivity index (χ3v) is 2.70. The molecule has 0 aliphatic carbocycles. The maximum Gasteiger partial charge on any atom is 0.315 e. The van der Waals surface area contributed by atoms with Crippen LogP contribution < -0.4 is 4.74 Å². The van der Waals surface area contributed by atoms with Crippen molar-refractivity contribution in [2.45, 2.75) is 5.22 Å². The molecule has 0 spiro atoms. The maximum atomic E-state index is 11.2. The zero-order chi connectivity index (χ0) is 11.1. The quantitative estimate of drug-likeness (QED) is 0.772. The monoisotopic (exact) mass is 227 g/mol. The number of rotatable bonds is 2. The molecule has 0 saturated carbocycles. The molecule has 80 valence electrons. The molecule has 2 aromatic rings. The lowest BCUT2D eigenvalue weighted by Crippen LogP contribution is -1.96. The van der Waals surface area contributed by atoms with Crippen LogP contribution >= 0.6 is 0 Å². The molecule has 0 unspecified atom stereocenters. The van der Waals surface area contributed by atoms with Crippen LogP contribution in [-0.4, -0.2) is 26.8 Å². The summed E-state index contributed by atoms with van der Waals surface area (Å²) in [7, 11) is -1.88. The highest BCUT2D eigenvalue weighted by molar-refractivity contribution is 7.90. The molecule has 15 heavy (non-hydrogen) atoms. The molecule has 2 rings (SSSR count). The SMILES string of the molecule is COc1ccc2nc(S(C)(=O)=O)oc2c1. The first-order valence-electron chi connectivity index (χ1n) is 4.15. The van der Waals surface area contributed by atoms with Crippen LogP contribution in [0.2, 0.25) is 0 Å². The van der Waals surface area contributed by atoms with E-state index in [0.717, 1.165) is 6.26 Å². The molecule has 0 fully saturated rings. The molecule has 0 saturated heterocycles. The fourth-order valence-corrected chi connectivity index (χ4v) is 1.67. The average molecular weight is 227 g/mol. The van der Waals surface area contributed by atoms with Gasteiger partial charge in [0.15, 0.2) is 5.58 Å². The van der Waals surface area contributed by atoms with Crippen LogP contribution in [0, 0.1) is 0 Å². The summed E-state index contributed by atoms with van der Waals surface area (Å²) in [6, 6.07) is 4.93. The van der Waals surface area contributed by atoms with Crippen molar-refractivity contribution in [2.75, 3.05) is 13.4 Å². The highest BCUT2D eigenvalue weighted by Crippen LogP contribution is 2.23. The van der Waals surface area contributed by atoms with Crippen molar-refractivity contribution in [1.82, 2.24) is 4.98 Å². The number of methoxy groups -OCH3 is 1. The Morgan fingerprint density at radius 2 is 2.13 bits per heavy atom.